The highest BCUT2D eigenvalue weighted by molar-refractivity contribution is 6.04. The predicted octanol–water partition coefficient (Wildman–Crippen LogP) is 2.80. The van der Waals surface area contributed by atoms with Crippen molar-refractivity contribution in [2.24, 2.45) is 5.92 Å². The first-order chi connectivity index (χ1) is 11.8. The van der Waals surface area contributed by atoms with Crippen molar-refractivity contribution in [1.82, 2.24) is 14.8 Å². The third-order valence-electron chi connectivity index (χ3n) is 5.96. The summed E-state index contributed by atoms with van der Waals surface area (Å²) >= 11 is 0. The third-order valence-corrected chi connectivity index (χ3v) is 5.96. The minimum Gasteiger partial charge on any atom is -0.330 e. The van der Waals surface area contributed by atoms with Crippen molar-refractivity contribution >= 4 is 5.91 Å². The predicted molar refractivity (Wildman–Crippen MR) is 92.5 cm³/mol. The van der Waals surface area contributed by atoms with Gasteiger partial charge in [-0.25, -0.2) is 0 Å². The number of hydrogen-bond acceptors (Lipinski definition) is 3. The number of carbonyl (C=O) groups is 1. The molecule has 2 aromatic rings. The van der Waals surface area contributed by atoms with Crippen LogP contribution in [0.2, 0.25) is 0 Å². The molecule has 4 aliphatic heterocycles. The number of piperidine rings is 3. The van der Waals surface area contributed by atoms with Crippen molar-refractivity contribution in [2.75, 3.05) is 19.6 Å². The van der Waals surface area contributed by atoms with Gasteiger partial charge >= 0.3 is 0 Å². The lowest BCUT2D eigenvalue weighted by molar-refractivity contribution is 0.00848. The number of pyridine rings is 1. The lowest BCUT2D eigenvalue weighted by Crippen LogP contribution is -2.57. The van der Waals surface area contributed by atoms with E-state index in [2.05, 4.69) is 26.9 Å². The highest BCUT2D eigenvalue weighted by Crippen LogP contribution is 2.38. The van der Waals surface area contributed by atoms with Crippen molar-refractivity contribution in [2.45, 2.75) is 25.4 Å². The molecule has 1 unspecified atom stereocenters. The molecule has 6 rings (SSSR count). The summed E-state index contributed by atoms with van der Waals surface area (Å²) in [6, 6.07) is 10.6. The number of rotatable bonds is 2. The minimum atomic E-state index is 0.211. The lowest BCUT2D eigenvalue weighted by atomic mass is 9.83. The third kappa shape index (κ3) is 2.09. The van der Waals surface area contributed by atoms with E-state index >= 15 is 0 Å². The van der Waals surface area contributed by atoms with Gasteiger partial charge in [-0.2, -0.15) is 0 Å². The van der Waals surface area contributed by atoms with E-state index < -0.39 is 0 Å². The topological polar surface area (TPSA) is 36.4 Å². The van der Waals surface area contributed by atoms with E-state index in [0.717, 1.165) is 35.3 Å². The molecule has 1 amide bonds. The quantitative estimate of drug-likeness (QED) is 0.854. The van der Waals surface area contributed by atoms with Crippen LogP contribution in [0.4, 0.5) is 0 Å². The van der Waals surface area contributed by atoms with E-state index in [1.165, 1.54) is 25.9 Å². The SMILES string of the molecule is O=C1c2c(cccc2-c2cccnc2)CN1C1CN2CCC1CC2. The van der Waals surface area contributed by atoms with Crippen LogP contribution in [-0.2, 0) is 6.54 Å². The first kappa shape index (κ1) is 14.2. The molecule has 24 heavy (non-hydrogen) atoms. The van der Waals surface area contributed by atoms with Crippen LogP contribution in [0, 0.1) is 5.92 Å². The van der Waals surface area contributed by atoms with E-state index in [4.69, 9.17) is 0 Å². The number of benzene rings is 1. The van der Waals surface area contributed by atoms with Gasteiger partial charge in [0.1, 0.15) is 0 Å². The number of aromatic nitrogens is 1. The highest BCUT2D eigenvalue weighted by atomic mass is 16.2. The Morgan fingerprint density at radius 2 is 1.96 bits per heavy atom. The lowest BCUT2D eigenvalue weighted by Gasteiger charge is -2.48. The van der Waals surface area contributed by atoms with Gasteiger partial charge in [0, 0.05) is 37.1 Å². The first-order valence-corrected chi connectivity index (χ1v) is 8.87. The Morgan fingerprint density at radius 1 is 1.08 bits per heavy atom. The van der Waals surface area contributed by atoms with Gasteiger partial charge in [0.25, 0.3) is 5.91 Å². The van der Waals surface area contributed by atoms with Gasteiger partial charge in [0.15, 0.2) is 0 Å². The fourth-order valence-corrected chi connectivity index (χ4v) is 4.70. The van der Waals surface area contributed by atoms with Crippen molar-refractivity contribution in [3.8, 4) is 11.1 Å². The molecule has 5 heterocycles. The zero-order chi connectivity index (χ0) is 16.1. The Labute approximate surface area is 142 Å². The summed E-state index contributed by atoms with van der Waals surface area (Å²) in [6.07, 6.45) is 6.09. The molecule has 4 heteroatoms. The maximum atomic E-state index is 13.3. The molecule has 1 aromatic heterocycles. The Morgan fingerprint density at radius 3 is 2.67 bits per heavy atom. The smallest absolute Gasteiger partial charge is 0.255 e. The molecule has 1 aromatic carbocycles. The molecule has 3 fully saturated rings. The summed E-state index contributed by atoms with van der Waals surface area (Å²) in [7, 11) is 0. The van der Waals surface area contributed by atoms with Crippen LogP contribution in [0.5, 0.6) is 0 Å². The maximum absolute atomic E-state index is 13.3. The maximum Gasteiger partial charge on any atom is 0.255 e. The van der Waals surface area contributed by atoms with Gasteiger partial charge in [0.05, 0.1) is 5.56 Å². The fourth-order valence-electron chi connectivity index (χ4n) is 4.70. The fraction of sp³-hybridized carbons (Fsp3) is 0.400. The summed E-state index contributed by atoms with van der Waals surface area (Å²) < 4.78 is 0. The molecule has 3 saturated heterocycles. The van der Waals surface area contributed by atoms with Gasteiger partial charge in [-0.15, -0.1) is 0 Å². The van der Waals surface area contributed by atoms with Crippen LogP contribution in [0.3, 0.4) is 0 Å². The minimum absolute atomic E-state index is 0.211. The van der Waals surface area contributed by atoms with Gasteiger partial charge in [-0.05, 0) is 49.0 Å². The molecule has 0 radical (unpaired) electrons. The second kappa shape index (κ2) is 5.42. The van der Waals surface area contributed by atoms with E-state index in [1.54, 1.807) is 6.20 Å². The molecule has 2 bridgehead atoms. The average Bonchev–Trinajstić information content (AvgIpc) is 3.00. The molecule has 4 aliphatic rings. The van der Waals surface area contributed by atoms with Crippen LogP contribution in [0.15, 0.2) is 42.7 Å². The van der Waals surface area contributed by atoms with Gasteiger partial charge in [0.2, 0.25) is 0 Å². The van der Waals surface area contributed by atoms with Crippen molar-refractivity contribution < 1.29 is 4.79 Å². The molecule has 4 nitrogen and oxygen atoms in total. The Kier molecular flexibility index (Phi) is 3.20. The highest BCUT2D eigenvalue weighted by Gasteiger charge is 2.42. The van der Waals surface area contributed by atoms with Gasteiger partial charge in [-0.1, -0.05) is 24.3 Å². The summed E-state index contributed by atoms with van der Waals surface area (Å²) in [4.78, 5) is 22.1. The zero-order valence-corrected chi connectivity index (χ0v) is 13.7. The summed E-state index contributed by atoms with van der Waals surface area (Å²) in [5.74, 6) is 0.887. The van der Waals surface area contributed by atoms with Crippen LogP contribution in [-0.4, -0.2) is 46.4 Å². The van der Waals surface area contributed by atoms with Crippen LogP contribution in [0.1, 0.15) is 28.8 Å². The average molecular weight is 319 g/mol. The summed E-state index contributed by atoms with van der Waals surface area (Å²) in [6.45, 7) is 4.22. The van der Waals surface area contributed by atoms with Crippen LogP contribution >= 0.6 is 0 Å². The standard InChI is InChI=1S/C20H21N3O/c24-20-19-16(3-1-5-17(19)15-4-2-8-21-11-15)12-23(20)18-13-22-9-6-14(18)7-10-22/h1-5,8,11,14,18H,6-7,9-10,12-13H2. The van der Waals surface area contributed by atoms with Crippen LogP contribution in [0.25, 0.3) is 11.1 Å². The number of fused-ring (bicyclic) bond motifs is 4. The molecule has 0 N–H and O–H groups in total. The molecule has 1 atom stereocenters. The van der Waals surface area contributed by atoms with Crippen molar-refractivity contribution in [3.63, 3.8) is 0 Å². The molecule has 0 spiro atoms. The van der Waals surface area contributed by atoms with E-state index in [9.17, 15) is 4.79 Å². The Hall–Kier alpha value is -2.20. The number of hydrogen-bond donors (Lipinski definition) is 0. The second-order valence-corrected chi connectivity index (χ2v) is 7.22. The largest absolute Gasteiger partial charge is 0.330 e. The summed E-state index contributed by atoms with van der Waals surface area (Å²) in [5, 5.41) is 0. The number of carbonyl (C=O) groups excluding carboxylic acids is 1. The monoisotopic (exact) mass is 319 g/mol. The molecule has 0 saturated carbocycles. The normalized spacial score (nSPS) is 28.2. The molecule has 0 aliphatic carbocycles. The van der Waals surface area contributed by atoms with Gasteiger partial charge < -0.3 is 9.80 Å². The second-order valence-electron chi connectivity index (χ2n) is 7.22. The molecular formula is C20H21N3O. The van der Waals surface area contributed by atoms with Gasteiger partial charge in [-0.3, -0.25) is 9.78 Å². The Bertz CT molecular complexity index is 781. The molecule has 122 valence electrons. The van der Waals surface area contributed by atoms with Crippen LogP contribution < -0.4 is 0 Å². The van der Waals surface area contributed by atoms with E-state index in [0.29, 0.717) is 12.0 Å². The van der Waals surface area contributed by atoms with E-state index in [1.807, 2.05) is 24.4 Å². The van der Waals surface area contributed by atoms with Crippen molar-refractivity contribution in [3.05, 3.63) is 53.9 Å². The van der Waals surface area contributed by atoms with Crippen molar-refractivity contribution in [1.29, 1.82) is 0 Å². The first-order valence-electron chi connectivity index (χ1n) is 8.87. The molecular weight excluding hydrogens is 298 g/mol. The zero-order valence-electron chi connectivity index (χ0n) is 13.7. The summed E-state index contributed by atoms with van der Waals surface area (Å²) in [5.41, 5.74) is 4.10. The Balaban J connectivity index is 1.52. The van der Waals surface area contributed by atoms with E-state index in [-0.39, 0.29) is 5.91 Å². The number of amides is 1. The number of nitrogens with zero attached hydrogens (tertiary/aromatic N) is 3.